The van der Waals surface area contributed by atoms with E-state index in [1.165, 1.54) is 37.9 Å². The van der Waals surface area contributed by atoms with Crippen LogP contribution in [0.1, 0.15) is 0 Å². The molecule has 19 aromatic carbocycles. The van der Waals surface area contributed by atoms with Crippen LogP contribution in [0.15, 0.2) is 552 Å². The fourth-order valence-corrected chi connectivity index (χ4v) is 20.1. The third kappa shape index (κ3) is 19.1. The summed E-state index contributed by atoms with van der Waals surface area (Å²) in [4.78, 5) is 55.6. The molecular formula is C139H91N11. The second-order valence-electron chi connectivity index (χ2n) is 37.1. The van der Waals surface area contributed by atoms with Crippen LogP contribution in [0.2, 0.25) is 0 Å². The van der Waals surface area contributed by atoms with Crippen molar-refractivity contribution in [3.63, 3.8) is 0 Å². The summed E-state index contributed by atoms with van der Waals surface area (Å²) >= 11 is 0. The molecule has 0 radical (unpaired) electrons. The van der Waals surface area contributed by atoms with Gasteiger partial charge < -0.3 is 0 Å². The van der Waals surface area contributed by atoms with E-state index < -0.39 is 0 Å². The highest BCUT2D eigenvalue weighted by atomic mass is 14.9. The van der Waals surface area contributed by atoms with Gasteiger partial charge >= 0.3 is 0 Å². The third-order valence-electron chi connectivity index (χ3n) is 27.5. The minimum Gasteiger partial charge on any atom is -0.255 e. The van der Waals surface area contributed by atoms with Crippen LogP contribution < -0.4 is 0 Å². The fraction of sp³-hybridized carbons (Fsp3) is 0. The smallest absolute Gasteiger partial charge is 0.160 e. The van der Waals surface area contributed by atoms with Crippen molar-refractivity contribution in [1.29, 1.82) is 0 Å². The minimum absolute atomic E-state index is 0.603. The first-order chi connectivity index (χ1) is 74.3. The maximum atomic E-state index is 5.28. The molecule has 0 spiro atoms. The van der Waals surface area contributed by atoms with E-state index in [1.54, 1.807) is 12.4 Å². The predicted octanol–water partition coefficient (Wildman–Crippen LogP) is 35.3. The van der Waals surface area contributed by atoms with Gasteiger partial charge in [0.15, 0.2) is 17.5 Å². The van der Waals surface area contributed by atoms with Gasteiger partial charge in [-0.2, -0.15) is 0 Å². The van der Waals surface area contributed by atoms with Gasteiger partial charge in [0.05, 0.1) is 79.2 Å². The molecule has 0 N–H and O–H groups in total. The molecule has 0 atom stereocenters. The van der Waals surface area contributed by atoms with E-state index in [0.29, 0.717) is 17.5 Å². The number of fused-ring (bicyclic) bond motifs is 9. The van der Waals surface area contributed by atoms with E-state index >= 15 is 0 Å². The lowest BCUT2D eigenvalue weighted by Gasteiger charge is -2.14. The van der Waals surface area contributed by atoms with Crippen molar-refractivity contribution in [2.75, 3.05) is 0 Å². The van der Waals surface area contributed by atoms with Crippen LogP contribution in [0, 0.1) is 0 Å². The Morgan fingerprint density at radius 3 is 0.613 bits per heavy atom. The van der Waals surface area contributed by atoms with Crippen LogP contribution >= 0.6 is 0 Å². The van der Waals surface area contributed by atoms with Crippen molar-refractivity contribution in [2.45, 2.75) is 0 Å². The number of hydrogen-bond donors (Lipinski definition) is 0. The average Bonchev–Trinajstić information content (AvgIpc) is 0.756. The normalized spacial score (nSPS) is 11.2. The average molecular weight is 1920 g/mol. The predicted molar refractivity (Wildman–Crippen MR) is 618 cm³/mol. The quantitative estimate of drug-likeness (QED) is 0.0758. The summed E-state index contributed by atoms with van der Waals surface area (Å²) in [6, 6.07) is 187. The van der Waals surface area contributed by atoms with E-state index in [4.69, 9.17) is 44.9 Å². The van der Waals surface area contributed by atoms with Gasteiger partial charge in [0, 0.05) is 84.2 Å². The number of aromatic nitrogens is 11. The van der Waals surface area contributed by atoms with Gasteiger partial charge in [-0.15, -0.1) is 0 Å². The van der Waals surface area contributed by atoms with Crippen molar-refractivity contribution < 1.29 is 0 Å². The topological polar surface area (TPSA) is 142 Å². The second kappa shape index (κ2) is 41.2. The van der Waals surface area contributed by atoms with E-state index in [0.717, 1.165) is 212 Å². The molecule has 0 unspecified atom stereocenters. The van der Waals surface area contributed by atoms with Crippen LogP contribution in [-0.2, 0) is 0 Å². The first-order valence-corrected chi connectivity index (χ1v) is 50.3. The number of pyridine rings is 5. The highest BCUT2D eigenvalue weighted by molar-refractivity contribution is 6.17. The molecule has 8 aromatic heterocycles. The first kappa shape index (κ1) is 91.0. The molecule has 0 amide bonds. The van der Waals surface area contributed by atoms with Gasteiger partial charge in [-0.3, -0.25) is 9.97 Å². The molecule has 27 aromatic rings. The number of hydrogen-bond acceptors (Lipinski definition) is 11. The van der Waals surface area contributed by atoms with Gasteiger partial charge in [0.25, 0.3) is 0 Å². The molecule has 0 saturated heterocycles. The van der Waals surface area contributed by atoms with Crippen molar-refractivity contribution in [2.24, 2.45) is 0 Å². The summed E-state index contributed by atoms with van der Waals surface area (Å²) in [7, 11) is 0. The zero-order valence-corrected chi connectivity index (χ0v) is 81.5. The van der Waals surface area contributed by atoms with Crippen molar-refractivity contribution in [3.05, 3.63) is 552 Å². The van der Waals surface area contributed by atoms with Crippen molar-refractivity contribution >= 4 is 65.0 Å². The maximum Gasteiger partial charge on any atom is 0.160 e. The SMILES string of the molecule is c1ccc(-c2cc(-c3cccc(-c4nc(-c5ccccn5)cc(-c5ccccn5)n4)c3)nc3ccc4ccccc4c23)cc1.c1ccc(-c2cccc(-c3cc(-c4cccc(-c5ccccc5)c4)nc(-c4cccc(-c5cc(-c6ccccc6)c6c(ccc7ccccc76)n5)c4)n3)c2)cc1.c1ccc(-c2cccc(-c3cc(-c4ccccc4)nc(-c4cccc(-c5cc(-c6ccccc6)c6c(ccc7ccccc76)n5)c4)n3)c2)cc1. The summed E-state index contributed by atoms with van der Waals surface area (Å²) in [5.41, 5.74) is 35.8. The Morgan fingerprint density at radius 2 is 0.327 bits per heavy atom. The molecule has 702 valence electrons. The van der Waals surface area contributed by atoms with Crippen molar-refractivity contribution in [1.82, 2.24) is 54.8 Å². The molecule has 0 aliphatic rings. The molecule has 27 rings (SSSR count). The Hall–Kier alpha value is -20.3. The summed E-state index contributed by atoms with van der Waals surface area (Å²) < 4.78 is 0. The summed E-state index contributed by atoms with van der Waals surface area (Å²) in [5.74, 6) is 1.93. The Morgan fingerprint density at radius 1 is 0.113 bits per heavy atom. The number of rotatable bonds is 18. The number of benzene rings is 19. The molecule has 8 heterocycles. The Balaban J connectivity index is 0.000000117. The largest absolute Gasteiger partial charge is 0.255 e. The zero-order valence-electron chi connectivity index (χ0n) is 81.5. The van der Waals surface area contributed by atoms with E-state index in [2.05, 4.69) is 453 Å². The molecule has 0 aliphatic heterocycles. The highest BCUT2D eigenvalue weighted by Gasteiger charge is 2.23. The molecule has 0 bridgehead atoms. The van der Waals surface area contributed by atoms with Crippen molar-refractivity contribution in [3.8, 4) is 203 Å². The van der Waals surface area contributed by atoms with Gasteiger partial charge in [-0.05, 0) is 214 Å². The molecule has 0 aliphatic carbocycles. The minimum atomic E-state index is 0.603. The maximum absolute atomic E-state index is 5.28. The lowest BCUT2D eigenvalue weighted by Crippen LogP contribution is -1.98. The van der Waals surface area contributed by atoms with Crippen LogP contribution in [0.25, 0.3) is 268 Å². The third-order valence-corrected chi connectivity index (χ3v) is 27.5. The molecule has 11 nitrogen and oxygen atoms in total. The van der Waals surface area contributed by atoms with E-state index in [9.17, 15) is 0 Å². The summed E-state index contributed by atoms with van der Waals surface area (Å²) in [6.45, 7) is 0. The van der Waals surface area contributed by atoms with Gasteiger partial charge in [0.2, 0.25) is 0 Å². The van der Waals surface area contributed by atoms with Crippen LogP contribution in [0.5, 0.6) is 0 Å². The second-order valence-corrected chi connectivity index (χ2v) is 37.1. The highest BCUT2D eigenvalue weighted by Crippen LogP contribution is 2.45. The number of nitrogens with zero attached hydrogens (tertiary/aromatic N) is 11. The van der Waals surface area contributed by atoms with Crippen LogP contribution in [0.3, 0.4) is 0 Å². The lowest BCUT2D eigenvalue weighted by atomic mass is 9.94. The monoisotopic (exact) mass is 1910 g/mol. The van der Waals surface area contributed by atoms with Crippen LogP contribution in [-0.4, -0.2) is 54.8 Å². The lowest BCUT2D eigenvalue weighted by molar-refractivity contribution is 1.15. The fourth-order valence-electron chi connectivity index (χ4n) is 20.1. The van der Waals surface area contributed by atoms with Gasteiger partial charge in [-0.1, -0.05) is 425 Å². The molecular weight excluding hydrogens is 1820 g/mol. The zero-order chi connectivity index (χ0) is 99.8. The Labute approximate surface area is 868 Å². The summed E-state index contributed by atoms with van der Waals surface area (Å²) in [5, 5.41) is 10.7. The Bertz CT molecular complexity index is 9510. The van der Waals surface area contributed by atoms with E-state index in [1.807, 2.05) is 97.1 Å². The van der Waals surface area contributed by atoms with Crippen LogP contribution in [0.4, 0.5) is 0 Å². The van der Waals surface area contributed by atoms with Gasteiger partial charge in [0.1, 0.15) is 0 Å². The van der Waals surface area contributed by atoms with E-state index in [-0.39, 0.29) is 0 Å². The molecule has 0 fully saturated rings. The molecule has 0 saturated carbocycles. The van der Waals surface area contributed by atoms with Gasteiger partial charge in [-0.25, -0.2) is 44.9 Å². The molecule has 150 heavy (non-hydrogen) atoms. The standard InChI is InChI=1S/C53H35N3.C47H31N3.C39H25N5/c1-4-15-36(16-5-1)40-22-12-24-42(31-40)50-35-51(43-25-13-23-41(32-43)37-17-6-2-7-18-37)56-53(55-50)45-27-14-26-44(33-45)49-34-47(38-19-8-3-9-20-38)52-46-28-11-10-21-39(46)29-30-48(52)54-49;1-4-14-32(15-5-1)36-21-12-22-37(28-36)45-31-44(35-19-8-3-9-20-35)49-47(50-45)39-24-13-23-38(29-39)43-30-41(33-16-6-2-7-17-33)46-40-25-11-10-18-34(40)26-27-42(46)48-43;1-2-11-26(12-3-1)31-24-35(42-34-20-19-27-13-4-5-16-30(27)38(31)34)28-14-10-15-29(23-28)39-43-36(32-17-6-8-21-40-32)25-37(44-39)33-18-7-9-22-41-33/h1-35H;1-31H;1-25H. The first-order valence-electron chi connectivity index (χ1n) is 50.3. The molecule has 11 heteroatoms. The summed E-state index contributed by atoms with van der Waals surface area (Å²) in [6.07, 6.45) is 3.55. The Kier molecular flexibility index (Phi) is 25.0.